The average Bonchev–Trinajstić information content (AvgIpc) is 0.775. The third-order valence-corrected chi connectivity index (χ3v) is 18.6. The number of nitrogens with one attached hydrogen (secondary N) is 1. The van der Waals surface area contributed by atoms with Crippen LogP contribution in [0.25, 0.3) is 0 Å². The minimum Gasteiger partial charge on any atom is -0.743 e. The van der Waals surface area contributed by atoms with E-state index < -0.39 is 245 Å². The van der Waals surface area contributed by atoms with Crippen molar-refractivity contribution in [1.29, 1.82) is 0 Å². The van der Waals surface area contributed by atoms with E-state index in [4.69, 9.17) is 4.74 Å². The molecule has 0 aliphatic carbocycles. The van der Waals surface area contributed by atoms with Crippen LogP contribution in [0.1, 0.15) is 84.5 Å². The molecule has 4 unspecified atom stereocenters. The van der Waals surface area contributed by atoms with E-state index in [0.29, 0.717) is 38.9 Å². The van der Waals surface area contributed by atoms with Crippen LogP contribution in [0.4, 0.5) is 105 Å². The summed E-state index contributed by atoms with van der Waals surface area (Å²) in [5, 5.41) is -17.5. The maximum absolute atomic E-state index is 13.9. The second-order valence-corrected chi connectivity index (χ2v) is 29.7. The number of likely N-dealkylation sites (tertiary alicyclic amines) is 1. The van der Waals surface area contributed by atoms with Gasteiger partial charge in [0.1, 0.15) is 0 Å². The van der Waals surface area contributed by atoms with Gasteiger partial charge in [0.05, 0.1) is 39.6 Å². The molecule has 0 aromatic heterocycles. The summed E-state index contributed by atoms with van der Waals surface area (Å²) in [6.07, 6.45) is -29.6. The van der Waals surface area contributed by atoms with Crippen molar-refractivity contribution < 1.29 is 238 Å². The molecule has 62 heteroatoms. The topological polar surface area (TPSA) is 473 Å². The van der Waals surface area contributed by atoms with Crippen LogP contribution >= 0.6 is 0 Å². The predicted molar refractivity (Wildman–Crippen MR) is 335 cm³/mol. The first-order valence-corrected chi connectivity index (χ1v) is 38.2. The van der Waals surface area contributed by atoms with Crippen LogP contribution in [0.2, 0.25) is 0 Å². The van der Waals surface area contributed by atoms with Crippen molar-refractivity contribution in [2.24, 2.45) is 0 Å². The summed E-state index contributed by atoms with van der Waals surface area (Å²) in [6.45, 7) is 2.59. The van der Waals surface area contributed by atoms with Gasteiger partial charge in [-0.1, -0.05) is 53.0 Å². The molecule has 0 radical (unpaired) electrons. The highest BCUT2D eigenvalue weighted by atomic mass is 32.2. The Morgan fingerprint density at radius 1 is 0.378 bits per heavy atom. The van der Waals surface area contributed by atoms with Gasteiger partial charge in [-0.2, -0.15) is 105 Å². The van der Waals surface area contributed by atoms with Crippen LogP contribution in [0.3, 0.4) is 0 Å². The first-order chi connectivity index (χ1) is 53.6. The van der Waals surface area contributed by atoms with Gasteiger partial charge in [0.15, 0.2) is 40.5 Å². The van der Waals surface area contributed by atoms with E-state index in [1.165, 1.54) is 0 Å². The molecule has 34 nitrogen and oxygen atoms in total. The highest BCUT2D eigenvalue weighted by Gasteiger charge is 2.72. The summed E-state index contributed by atoms with van der Waals surface area (Å²) in [5.74, 6) is -44.2. The van der Waals surface area contributed by atoms with Crippen LogP contribution in [-0.4, -0.2) is 293 Å². The smallest absolute Gasteiger partial charge is 0.466 e. The number of halogens is 24. The highest BCUT2D eigenvalue weighted by Crippen LogP contribution is 2.44. The van der Waals surface area contributed by atoms with Crippen molar-refractivity contribution >= 4 is 88.0 Å². The lowest BCUT2D eigenvalue weighted by Gasteiger charge is -2.38. The number of unbranched alkanes of at least 4 members (excludes halogenated alkanes) is 2. The Morgan fingerprint density at radius 3 is 0.832 bits per heavy atom. The number of piperidine rings is 1. The number of nitrogens with zero attached hydrogens (tertiary/aromatic N) is 4. The molecule has 1 N–H and O–H groups in total. The third-order valence-electron chi connectivity index (χ3n) is 14.9. The number of morpholine rings is 1. The number of amides is 4. The van der Waals surface area contributed by atoms with E-state index in [1.54, 1.807) is 13.8 Å². The molecular weight excluding hydrogens is 1800 g/mol. The minimum absolute atomic E-state index is 0.0237. The Kier molecular flexibility index (Phi) is 41.2. The quantitative estimate of drug-likeness (QED) is 0.0185. The number of hydrogen-bond donors (Lipinski definition) is 1. The van der Waals surface area contributed by atoms with Crippen LogP contribution in [-0.2, 0) is 121 Å². The monoisotopic (exact) mass is 1870 g/mol. The zero-order valence-corrected chi connectivity index (χ0v) is 64.0. The lowest BCUT2D eigenvalue weighted by Crippen LogP contribution is -2.64. The van der Waals surface area contributed by atoms with Crippen molar-refractivity contribution in [3.8, 4) is 0 Å². The number of carbonyl (C=O) groups is 8. The van der Waals surface area contributed by atoms with Crippen molar-refractivity contribution in [1.82, 2.24) is 24.9 Å². The lowest BCUT2D eigenvalue weighted by molar-refractivity contribution is -0.352. The largest absolute Gasteiger partial charge is 0.743 e. The molecule has 119 heavy (non-hydrogen) atoms. The van der Waals surface area contributed by atoms with Gasteiger partial charge in [-0.25, -0.2) is 52.8 Å². The Bertz CT molecular complexity index is 3730. The van der Waals surface area contributed by atoms with Crippen LogP contribution in [0.5, 0.6) is 0 Å². The van der Waals surface area contributed by atoms with E-state index in [9.17, 15) is 196 Å². The molecule has 4 amide bonds. The van der Waals surface area contributed by atoms with Crippen LogP contribution in [0.15, 0.2) is 49.6 Å². The Balaban J connectivity index is 0.00000156. The van der Waals surface area contributed by atoms with Gasteiger partial charge in [0.2, 0.25) is 23.3 Å². The molecule has 3 fully saturated rings. The Labute approximate surface area is 657 Å². The van der Waals surface area contributed by atoms with E-state index in [1.807, 2.05) is 0 Å². The van der Waals surface area contributed by atoms with Crippen molar-refractivity contribution in [3.05, 3.63) is 49.6 Å². The molecule has 3 rings (SSSR count). The number of alkyl halides is 20. The minimum atomic E-state index is -6.27. The number of esters is 4. The van der Waals surface area contributed by atoms with E-state index in [-0.39, 0.29) is 91.3 Å². The Morgan fingerprint density at radius 2 is 0.605 bits per heavy atom. The summed E-state index contributed by atoms with van der Waals surface area (Å²) < 4.78 is 485. The fourth-order valence-electron chi connectivity index (χ4n) is 8.66. The average molecular weight is 1870 g/mol. The molecule has 0 saturated carbocycles. The van der Waals surface area contributed by atoms with E-state index in [2.05, 4.69) is 69.5 Å². The molecule has 0 aromatic rings. The number of carbonyl (C=O) groups excluding carboxylic acids is 8. The van der Waals surface area contributed by atoms with Gasteiger partial charge in [-0.3, -0.25) is 19.2 Å². The highest BCUT2D eigenvalue weighted by molar-refractivity contribution is 7.87. The molecule has 692 valence electrons. The molecule has 4 atom stereocenters. The lowest BCUT2D eigenvalue weighted by atomic mass is 10.1. The molecule has 3 saturated heterocycles. The number of rotatable bonds is 38. The summed E-state index contributed by atoms with van der Waals surface area (Å²) in [7, 11) is -25.1. The summed E-state index contributed by atoms with van der Waals surface area (Å²) >= 11 is 0. The van der Waals surface area contributed by atoms with Crippen LogP contribution < -0.4 is 5.32 Å². The van der Waals surface area contributed by atoms with Crippen molar-refractivity contribution in [2.75, 3.05) is 105 Å². The second-order valence-electron chi connectivity index (χ2n) is 23.7. The van der Waals surface area contributed by atoms with Crippen molar-refractivity contribution in [3.63, 3.8) is 0 Å². The summed E-state index contributed by atoms with van der Waals surface area (Å²) in [6, 6.07) is 0. The van der Waals surface area contributed by atoms with Crippen molar-refractivity contribution in [2.45, 2.75) is 153 Å². The maximum atomic E-state index is 13.9. The molecule has 3 heterocycles. The van der Waals surface area contributed by atoms with E-state index in [0.717, 1.165) is 0 Å². The standard InChI is InChI=1S/C17H25F6NO7S.C14H17F6NO7S.C13H16F6N2O7S.C13H15F6NO8S/c1-4-6-9-24(10-7-5-2)14(26)16(17(21,22)23,31-13(25)12(3)18)30-11-8-15(19,20)32(27,28)29;1-9(15)10(22)28-13(14(18,19)20,11(23)21-6-3-2-4-7-21)27-8-5-12(16,17)29(24,25)26;1-8(14)9(22)28-12(13(17,18)19,10(23)21-5-3-20-4-6-21)27-7-2-11(15,16)29(24,25)26;1-8(14)9(21)28-12(13(17,18)19,10(22)20-3-6-26-7-4-20)27-5-2-11(15,16)29(23,24)25/h3-11H2,1-2H3,(H,27,28,29);1-8H2,(H,24,25,26);20H,1-7H2,(H,24,25,26);1-7H2,(H,23,24,25)/p-4. The van der Waals surface area contributed by atoms with Gasteiger partial charge in [-0.05, 0) is 32.1 Å². The van der Waals surface area contributed by atoms with Gasteiger partial charge >= 0.3 is 116 Å². The number of piperazine rings is 1. The SMILES string of the molecule is C=C(F)C(=O)OC(OCCC(F)(F)S(=O)(=O)[O-])(C(=O)N(CCCC)CCCC)C(F)(F)F.C=C(F)C(=O)OC(OCCC(F)(F)S(=O)(=O)[O-])(C(=O)N1CCCCC1)C(F)(F)F.C=C(F)C(=O)OC(OCCC(F)(F)S(=O)(=O)[O-])(C(=O)N1CCNCC1)C(F)(F)F.C=C(F)C(=O)OC(OCCC(F)(F)S(=O)(=O)[O-])(C(=O)N1CCOCC1)C(F)(F)F. The molecule has 0 bridgehead atoms. The fraction of sp³-hybridized carbons (Fsp3) is 0.719. The molecule has 0 spiro atoms. The predicted octanol–water partition coefficient (Wildman–Crippen LogP) is 6.00. The molecule has 3 aliphatic rings. The van der Waals surface area contributed by atoms with Gasteiger partial charge in [0, 0.05) is 91.1 Å². The fourth-order valence-corrected chi connectivity index (χ4v) is 9.99. The van der Waals surface area contributed by atoms with Gasteiger partial charge in [-0.15, -0.1) is 0 Å². The summed E-state index contributed by atoms with van der Waals surface area (Å²) in [4.78, 5) is 97.9. The van der Waals surface area contributed by atoms with Gasteiger partial charge in [0.25, 0.3) is 0 Å². The molecule has 3 aliphatic heterocycles. The normalized spacial score (nSPS) is 17.1. The molecular formula is C57H69F24N5O29S4-4. The first kappa shape index (κ1) is 111. The van der Waals surface area contributed by atoms with Gasteiger partial charge < -0.3 is 85.8 Å². The molecule has 0 aromatic carbocycles. The zero-order valence-electron chi connectivity index (χ0n) is 60.8. The maximum Gasteiger partial charge on any atom is 0.466 e. The summed E-state index contributed by atoms with van der Waals surface area (Å²) in [5.41, 5.74) is 0. The number of ether oxygens (including phenoxy) is 9. The second kappa shape index (κ2) is 44.0. The third kappa shape index (κ3) is 31.1. The number of hydrogen-bond acceptors (Lipinski definition) is 30. The van der Waals surface area contributed by atoms with Crippen LogP contribution in [0, 0.1) is 0 Å². The first-order valence-electron chi connectivity index (χ1n) is 32.5. The zero-order chi connectivity index (χ0) is 93.4. The van der Waals surface area contributed by atoms with E-state index >= 15 is 0 Å². The Hall–Kier alpha value is -7.56.